The molecule has 0 heterocycles. The number of ether oxygens (including phenoxy) is 1. The second-order valence-electron chi connectivity index (χ2n) is 25.3. The molecule has 28 aromatic carbocycles. The highest BCUT2D eigenvalue weighted by atomic mass is 16.5. The molecule has 0 bridgehead atoms. The lowest BCUT2D eigenvalue weighted by Gasteiger charge is -2.32. The van der Waals surface area contributed by atoms with Crippen LogP contribution in [0.5, 0.6) is 0 Å². The molecule has 0 aliphatic heterocycles. The second kappa shape index (κ2) is 5.58. The fourth-order valence-corrected chi connectivity index (χ4v) is 25.8. The third kappa shape index (κ3) is 1.26. The molecule has 0 radical (unpaired) electrons. The normalized spacial score (nSPS) is 24.4. The van der Waals surface area contributed by atoms with Gasteiger partial charge in [0.05, 0.1) is 17.4 Å². The zero-order chi connectivity index (χ0) is 41.6. The summed E-state index contributed by atoms with van der Waals surface area (Å²) in [5.74, 6) is -0.288. The van der Waals surface area contributed by atoms with Gasteiger partial charge >= 0.3 is 5.97 Å². The van der Waals surface area contributed by atoms with E-state index in [2.05, 4.69) is 0 Å². The molecule has 0 aromatic heterocycles. The second-order valence-corrected chi connectivity index (χ2v) is 25.3. The maximum Gasteiger partial charge on any atom is 0.322 e. The van der Waals surface area contributed by atoms with Crippen LogP contribution in [0.15, 0.2) is 0 Å². The highest BCUT2D eigenvalue weighted by Crippen LogP contribution is 2.96. The highest BCUT2D eigenvalue weighted by Gasteiger charge is 2.99. The monoisotopic (exact) mass is 848 g/mol. The predicted octanol–water partition coefficient (Wildman–Crippen LogP) is 16.4. The number of carbonyl (C=O) groups excluding carboxylic acids is 2. The zero-order valence-electron chi connectivity index (χ0n) is 35.4. The van der Waals surface area contributed by atoms with Gasteiger partial charge in [-0.1, -0.05) is 0 Å². The van der Waals surface area contributed by atoms with Crippen LogP contribution in [0.3, 0.4) is 0 Å². The van der Waals surface area contributed by atoms with Crippen LogP contribution in [-0.4, -0.2) is 18.4 Å². The molecule has 5 aliphatic carbocycles. The number of rotatable bonds is 3. The van der Waals surface area contributed by atoms with Crippen molar-refractivity contribution in [2.75, 3.05) is 6.61 Å². The molecule has 1 fully saturated rings. The molecule has 0 atom stereocenters. The van der Waals surface area contributed by atoms with Crippen molar-refractivity contribution in [3.8, 4) is 0 Å². The minimum absolute atomic E-state index is 0.00375. The van der Waals surface area contributed by atoms with Gasteiger partial charge in [0.15, 0.2) is 5.41 Å². The number of hydrogen-bond acceptors (Lipinski definition) is 3. The minimum Gasteiger partial charge on any atom is -0.465 e. The Morgan fingerprint density at radius 3 is 0.507 bits per heavy atom. The van der Waals surface area contributed by atoms with E-state index in [-0.39, 0.29) is 18.4 Å². The number of benzene rings is 18. The van der Waals surface area contributed by atoms with Gasteiger partial charge in [-0.2, -0.15) is 0 Å². The fraction of sp³-hybridized carbons (Fsp3) is 0.0909. The molecule has 0 unspecified atom stereocenters. The van der Waals surface area contributed by atoms with E-state index in [1.807, 2.05) is 13.8 Å². The number of hydrogen-bond donors (Lipinski definition) is 0. The molecule has 0 amide bonds. The third-order valence-electron chi connectivity index (χ3n) is 25.5. The van der Waals surface area contributed by atoms with Gasteiger partial charge in [-0.15, -0.1) is 0 Å². The van der Waals surface area contributed by atoms with Crippen LogP contribution in [-0.2, 0) is 25.2 Å². The van der Waals surface area contributed by atoms with Crippen LogP contribution in [0.25, 0.3) is 291 Å². The van der Waals surface area contributed by atoms with E-state index < -0.39 is 16.2 Å². The summed E-state index contributed by atoms with van der Waals surface area (Å²) in [6.45, 7) is 4.02. The Kier molecular flexibility index (Phi) is 2.07. The van der Waals surface area contributed by atoms with Crippen molar-refractivity contribution < 1.29 is 14.3 Å². The zero-order valence-corrected chi connectivity index (χ0v) is 35.4. The van der Waals surface area contributed by atoms with Crippen LogP contribution in [0.1, 0.15) is 36.1 Å². The SMILES string of the molecule is CCOC(=O)C1(C(C)=O)C23c4c5c6c7c8c9c(c%10c%11c2c2c4c4c%12c5c5c6c6c8c8c%13c9c9c%10c%10c%11c%11c2c2c4c4c%12c%12c5c5c6c8c6c8c%13c9c9c%10c%10c%11c2c2c4c4c%12c5c6c5c8c9c%10c2c45)C713. The summed E-state index contributed by atoms with van der Waals surface area (Å²) < 4.78 is 6.61. The fourth-order valence-electron chi connectivity index (χ4n) is 25.8. The Hall–Kier alpha value is -8.40. The lowest BCUT2D eigenvalue weighted by molar-refractivity contribution is -0.154. The van der Waals surface area contributed by atoms with Crippen molar-refractivity contribution in [1.82, 2.24) is 0 Å². The molecule has 0 N–H and O–H groups in total. The van der Waals surface area contributed by atoms with E-state index in [1.54, 1.807) is 97.0 Å². The molecular formula is C66H8O3. The Balaban J connectivity index is 1.22. The van der Waals surface area contributed by atoms with Crippen LogP contribution in [0.2, 0.25) is 0 Å². The standard InChI is InChI=1S/C66H8O3/c1-3-69-63(68)64(4(2)67)65-59-51-43-33-23-15-7-5-6-9-13-11(7)19-27-21(13)31-25-17(9)18-10(6)14-12-8(5)16(15)24-30-20(12)28-22(14)32-26(18)36-35(25)45-39(31)49-41(27)47(37(43)29(19)23)55(59)57(49)61-53(45)54-46(36)40(32)50-42(28)48-38(30)44(34(24)33)52(51)60(65)56(48)58(50)62(54)66(61,64)65/h3H2,1-2H3. The van der Waals surface area contributed by atoms with Crippen LogP contribution in [0, 0.1) is 5.41 Å². The molecule has 290 valence electrons. The first-order valence-corrected chi connectivity index (χ1v) is 25.6. The van der Waals surface area contributed by atoms with Crippen molar-refractivity contribution in [1.29, 1.82) is 0 Å². The minimum atomic E-state index is -1.44. The summed E-state index contributed by atoms with van der Waals surface area (Å²) in [6.07, 6.45) is 0. The summed E-state index contributed by atoms with van der Waals surface area (Å²) >= 11 is 0. The summed E-state index contributed by atoms with van der Waals surface area (Å²) in [4.78, 5) is 32.6. The molecule has 3 nitrogen and oxygen atoms in total. The smallest absolute Gasteiger partial charge is 0.322 e. The van der Waals surface area contributed by atoms with Crippen LogP contribution < -0.4 is 0 Å². The summed E-state index contributed by atoms with van der Waals surface area (Å²) in [6, 6.07) is 0. The predicted molar refractivity (Wildman–Crippen MR) is 284 cm³/mol. The lowest BCUT2D eigenvalue weighted by Crippen LogP contribution is -2.35. The van der Waals surface area contributed by atoms with Gasteiger partial charge in [-0.3, -0.25) is 9.59 Å². The largest absolute Gasteiger partial charge is 0.465 e. The molecular weight excluding hydrogens is 841 g/mol. The quantitative estimate of drug-likeness (QED) is 0.101. The average molecular weight is 849 g/mol. The first-order valence-electron chi connectivity index (χ1n) is 25.6. The Morgan fingerprint density at radius 1 is 0.261 bits per heavy atom. The van der Waals surface area contributed by atoms with Crippen molar-refractivity contribution in [2.24, 2.45) is 5.41 Å². The van der Waals surface area contributed by atoms with Crippen molar-refractivity contribution in [3.05, 3.63) is 22.3 Å². The Bertz CT molecular complexity index is 6690. The van der Waals surface area contributed by atoms with Crippen molar-refractivity contribution >= 4 is 303 Å². The van der Waals surface area contributed by atoms with Crippen molar-refractivity contribution in [2.45, 2.75) is 24.7 Å². The van der Waals surface area contributed by atoms with Crippen molar-refractivity contribution in [3.63, 3.8) is 0 Å². The van der Waals surface area contributed by atoms with Crippen LogP contribution >= 0.6 is 0 Å². The van der Waals surface area contributed by atoms with Crippen LogP contribution in [0.4, 0.5) is 0 Å². The van der Waals surface area contributed by atoms with Gasteiger partial charge in [0.2, 0.25) is 0 Å². The van der Waals surface area contributed by atoms with Gasteiger partial charge < -0.3 is 4.74 Å². The summed E-state index contributed by atoms with van der Waals surface area (Å²) in [5.41, 5.74) is 2.12. The number of carbonyl (C=O) groups is 2. The number of Topliss-reactive ketones (excluding diaryl/α,β-unsaturated/α-hetero) is 1. The van der Waals surface area contributed by atoms with Gasteiger partial charge in [0.25, 0.3) is 0 Å². The van der Waals surface area contributed by atoms with Gasteiger partial charge in [0.1, 0.15) is 5.78 Å². The molecule has 0 saturated heterocycles. The highest BCUT2D eigenvalue weighted by molar-refractivity contribution is 6.82. The molecule has 2 spiro atoms. The molecule has 1 saturated carbocycles. The molecule has 33 rings (SSSR count). The number of ketones is 1. The molecule has 3 heteroatoms. The maximum atomic E-state index is 16.4. The van der Waals surface area contributed by atoms with Gasteiger partial charge in [-0.05, 0) is 327 Å². The van der Waals surface area contributed by atoms with E-state index >= 15 is 9.59 Å². The average Bonchev–Trinajstić information content (AvgIpc) is 4.20. The lowest BCUT2D eigenvalue weighted by atomic mass is 9.68. The number of esters is 1. The van der Waals surface area contributed by atoms with E-state index in [9.17, 15) is 0 Å². The topological polar surface area (TPSA) is 43.4 Å². The van der Waals surface area contributed by atoms with Gasteiger partial charge in [0, 0.05) is 0 Å². The molecule has 5 aliphatic rings. The molecule has 28 aromatic rings. The Morgan fingerprint density at radius 2 is 0.391 bits per heavy atom. The summed E-state index contributed by atoms with van der Waals surface area (Å²) in [5, 5.41) is 81.7. The third-order valence-corrected chi connectivity index (χ3v) is 25.5. The van der Waals surface area contributed by atoms with E-state index in [0.717, 1.165) is 0 Å². The first-order chi connectivity index (χ1) is 34.2. The summed E-state index contributed by atoms with van der Waals surface area (Å²) in [7, 11) is 0. The molecule has 69 heavy (non-hydrogen) atoms. The van der Waals surface area contributed by atoms with E-state index in [0.29, 0.717) is 0 Å². The first kappa shape index (κ1) is 25.7. The van der Waals surface area contributed by atoms with E-state index in [4.69, 9.17) is 4.74 Å². The maximum absolute atomic E-state index is 16.4. The Labute approximate surface area is 374 Å². The van der Waals surface area contributed by atoms with Gasteiger partial charge in [-0.25, -0.2) is 0 Å². The van der Waals surface area contributed by atoms with E-state index in [1.165, 1.54) is 216 Å².